The fourth-order valence-electron chi connectivity index (χ4n) is 6.79. The molecule has 0 bridgehead atoms. The van der Waals surface area contributed by atoms with Gasteiger partial charge in [-0.3, -0.25) is 4.79 Å². The van der Waals surface area contributed by atoms with Crippen LogP contribution >= 0.6 is 0 Å². The Morgan fingerprint density at radius 2 is 0.750 bits per heavy atom. The molecule has 0 atom stereocenters. The first-order chi connectivity index (χ1) is 25.2. The van der Waals surface area contributed by atoms with E-state index < -0.39 is 0 Å². The number of benzene rings is 6. The molecule has 0 radical (unpaired) electrons. The van der Waals surface area contributed by atoms with Gasteiger partial charge < -0.3 is 19.9 Å². The first-order valence-electron chi connectivity index (χ1n) is 17.4. The molecule has 2 heterocycles. The van der Waals surface area contributed by atoms with Gasteiger partial charge in [-0.1, -0.05) is 95.1 Å². The number of H-pyrrole nitrogens is 1. The molecule has 1 aliphatic rings. The Hall–Kier alpha value is -6.66. The van der Waals surface area contributed by atoms with E-state index in [0.717, 1.165) is 45.3 Å². The van der Waals surface area contributed by atoms with Crippen LogP contribution in [0.4, 0.5) is 34.1 Å². The van der Waals surface area contributed by atoms with E-state index in [2.05, 4.69) is 145 Å². The Bertz CT molecular complexity index is 2330. The molecule has 0 saturated heterocycles. The third-order valence-electron chi connectivity index (χ3n) is 9.63. The number of nitrogens with zero attached hydrogens (tertiary/aromatic N) is 3. The summed E-state index contributed by atoms with van der Waals surface area (Å²) in [5.74, 6) is -0.462. The normalized spacial score (nSPS) is 12.1. The molecular formula is C46H38N4O2. The van der Waals surface area contributed by atoms with Crippen LogP contribution in [0, 0.1) is 27.7 Å². The van der Waals surface area contributed by atoms with Crippen LogP contribution in [-0.2, 0) is 0 Å². The zero-order valence-electron chi connectivity index (χ0n) is 29.6. The fourth-order valence-corrected chi connectivity index (χ4v) is 6.79. The van der Waals surface area contributed by atoms with Gasteiger partial charge in [0.25, 0.3) is 5.91 Å². The van der Waals surface area contributed by atoms with E-state index >= 15 is 0 Å². The van der Waals surface area contributed by atoms with Crippen LogP contribution < -0.4 is 9.80 Å². The van der Waals surface area contributed by atoms with Crippen molar-refractivity contribution in [2.24, 2.45) is 4.99 Å². The quantitative estimate of drug-likeness (QED) is 0.168. The molecule has 2 N–H and O–H groups in total. The number of fused-ring (bicyclic) bond motifs is 1. The zero-order valence-corrected chi connectivity index (χ0v) is 29.6. The molecule has 1 amide bonds. The third kappa shape index (κ3) is 6.05. The van der Waals surface area contributed by atoms with Gasteiger partial charge in [0.1, 0.15) is 0 Å². The minimum absolute atomic E-state index is 0.0790. The van der Waals surface area contributed by atoms with E-state index in [1.54, 1.807) is 0 Å². The average molecular weight is 679 g/mol. The topological polar surface area (TPSA) is 71.9 Å². The number of aliphatic imine (C=N–C) groups is 1. The summed E-state index contributed by atoms with van der Waals surface area (Å²) < 4.78 is 0. The number of carbonyl (C=O) groups excluding carboxylic acids is 1. The maximum absolute atomic E-state index is 13.5. The lowest BCUT2D eigenvalue weighted by Crippen LogP contribution is -2.10. The standard InChI is InChI=1S/C46H38N4O2/c1-29-5-17-35(18-6-29)49(36-19-7-30(2)8-20-36)39-25-13-33(14-26-39)43-41-42(46(52)47-43)44(48-45(41)51)34-15-27-40(28-16-34)50(37-21-9-31(3)10-22-37)38-23-11-32(4)12-24-38/h5-28,47,52H,1-4H3. The van der Waals surface area contributed by atoms with E-state index in [9.17, 15) is 9.90 Å². The van der Waals surface area contributed by atoms with Crippen LogP contribution in [0.5, 0.6) is 5.88 Å². The number of aromatic hydroxyl groups is 1. The van der Waals surface area contributed by atoms with Crippen molar-refractivity contribution in [3.63, 3.8) is 0 Å². The Balaban J connectivity index is 1.11. The SMILES string of the molecule is Cc1ccc(N(c2ccc(C)cc2)c2ccc(C3=NC(=O)c4c(-c5ccc(N(c6ccc(C)cc6)c6ccc(C)cc6)cc5)[nH]c(O)c43)cc2)cc1. The second kappa shape index (κ2) is 13.2. The van der Waals surface area contributed by atoms with Crippen LogP contribution in [-0.4, -0.2) is 21.7 Å². The van der Waals surface area contributed by atoms with E-state index in [1.807, 2.05) is 48.5 Å². The molecule has 0 unspecified atom stereocenters. The first kappa shape index (κ1) is 32.5. The van der Waals surface area contributed by atoms with Gasteiger partial charge in [-0.2, -0.15) is 0 Å². The lowest BCUT2D eigenvalue weighted by Gasteiger charge is -2.26. The van der Waals surface area contributed by atoms with E-state index in [4.69, 9.17) is 0 Å². The lowest BCUT2D eigenvalue weighted by molar-refractivity contribution is 0.101. The number of carbonyl (C=O) groups is 1. The molecule has 0 saturated carbocycles. The molecule has 6 aromatic carbocycles. The molecular weight excluding hydrogens is 641 g/mol. The Morgan fingerprint density at radius 1 is 0.442 bits per heavy atom. The summed E-state index contributed by atoms with van der Waals surface area (Å²) in [7, 11) is 0. The number of hydrogen-bond acceptors (Lipinski definition) is 4. The van der Waals surface area contributed by atoms with Crippen molar-refractivity contribution in [1.29, 1.82) is 0 Å². The number of aromatic nitrogens is 1. The monoisotopic (exact) mass is 678 g/mol. The smallest absolute Gasteiger partial charge is 0.280 e. The molecule has 7 aromatic rings. The van der Waals surface area contributed by atoms with Crippen molar-refractivity contribution in [2.45, 2.75) is 27.7 Å². The van der Waals surface area contributed by atoms with Crippen molar-refractivity contribution in [3.05, 3.63) is 185 Å². The molecule has 254 valence electrons. The first-order valence-corrected chi connectivity index (χ1v) is 17.4. The minimum atomic E-state index is -0.383. The summed E-state index contributed by atoms with van der Waals surface area (Å²) >= 11 is 0. The molecule has 1 aliphatic heterocycles. The number of anilines is 6. The highest BCUT2D eigenvalue weighted by molar-refractivity contribution is 6.30. The molecule has 0 fully saturated rings. The number of aryl methyl sites for hydroxylation is 4. The largest absolute Gasteiger partial charge is 0.494 e. The van der Waals surface area contributed by atoms with Gasteiger partial charge in [0.2, 0.25) is 0 Å². The summed E-state index contributed by atoms with van der Waals surface area (Å²) in [4.78, 5) is 25.5. The van der Waals surface area contributed by atoms with Crippen molar-refractivity contribution in [2.75, 3.05) is 9.80 Å². The highest BCUT2D eigenvalue weighted by Gasteiger charge is 2.33. The van der Waals surface area contributed by atoms with Crippen molar-refractivity contribution in [1.82, 2.24) is 4.98 Å². The third-order valence-corrected chi connectivity index (χ3v) is 9.63. The molecule has 1 aromatic heterocycles. The molecule has 6 nitrogen and oxygen atoms in total. The van der Waals surface area contributed by atoms with Gasteiger partial charge in [-0.15, -0.1) is 0 Å². The minimum Gasteiger partial charge on any atom is -0.494 e. The number of rotatable bonds is 8. The highest BCUT2D eigenvalue weighted by atomic mass is 16.3. The van der Waals surface area contributed by atoms with Crippen LogP contribution in [0.25, 0.3) is 11.3 Å². The number of nitrogens with one attached hydrogen (secondary N) is 1. The van der Waals surface area contributed by atoms with Gasteiger partial charge >= 0.3 is 0 Å². The maximum Gasteiger partial charge on any atom is 0.280 e. The average Bonchev–Trinajstić information content (AvgIpc) is 3.69. The Labute approximate surface area is 304 Å². The second-order valence-corrected chi connectivity index (χ2v) is 13.5. The van der Waals surface area contributed by atoms with Gasteiger partial charge in [0, 0.05) is 39.7 Å². The van der Waals surface area contributed by atoms with E-state index in [0.29, 0.717) is 22.5 Å². The van der Waals surface area contributed by atoms with Crippen LogP contribution in [0.15, 0.2) is 151 Å². The predicted molar refractivity (Wildman–Crippen MR) is 213 cm³/mol. The maximum atomic E-state index is 13.5. The predicted octanol–water partition coefficient (Wildman–Crippen LogP) is 11.6. The van der Waals surface area contributed by atoms with Gasteiger partial charge in [-0.05, 0) is 106 Å². The Morgan fingerprint density at radius 3 is 1.10 bits per heavy atom. The van der Waals surface area contributed by atoms with Crippen LogP contribution in [0.1, 0.15) is 43.7 Å². The molecule has 6 heteroatoms. The summed E-state index contributed by atoms with van der Waals surface area (Å²) in [6.45, 7) is 8.32. The fraction of sp³-hybridized carbons (Fsp3) is 0.0870. The van der Waals surface area contributed by atoms with Gasteiger partial charge in [0.15, 0.2) is 5.88 Å². The van der Waals surface area contributed by atoms with Crippen molar-refractivity contribution >= 4 is 45.7 Å². The molecule has 8 rings (SSSR count). The van der Waals surface area contributed by atoms with Crippen molar-refractivity contribution < 1.29 is 9.90 Å². The molecule has 52 heavy (non-hydrogen) atoms. The molecule has 0 spiro atoms. The van der Waals surface area contributed by atoms with E-state index in [-0.39, 0.29) is 11.8 Å². The van der Waals surface area contributed by atoms with E-state index in [1.165, 1.54) is 22.3 Å². The number of amides is 1. The second-order valence-electron chi connectivity index (χ2n) is 13.5. The van der Waals surface area contributed by atoms with Crippen molar-refractivity contribution in [3.8, 4) is 17.1 Å². The van der Waals surface area contributed by atoms with Crippen LogP contribution in [0.2, 0.25) is 0 Å². The summed E-state index contributed by atoms with van der Waals surface area (Å²) in [5.41, 5.74) is 14.2. The summed E-state index contributed by atoms with van der Waals surface area (Å²) in [6.07, 6.45) is 0. The number of hydrogen-bond donors (Lipinski definition) is 2. The van der Waals surface area contributed by atoms with Crippen LogP contribution in [0.3, 0.4) is 0 Å². The van der Waals surface area contributed by atoms with Gasteiger partial charge in [0.05, 0.1) is 22.5 Å². The molecule has 0 aliphatic carbocycles. The summed E-state index contributed by atoms with van der Waals surface area (Å²) in [5, 5.41) is 11.2. The zero-order chi connectivity index (χ0) is 35.9. The lowest BCUT2D eigenvalue weighted by atomic mass is 9.99. The van der Waals surface area contributed by atoms with Gasteiger partial charge in [-0.25, -0.2) is 4.99 Å². The summed E-state index contributed by atoms with van der Waals surface area (Å²) in [6, 6.07) is 49.8. The Kier molecular flexibility index (Phi) is 8.28. The number of aromatic amines is 1. The highest BCUT2D eigenvalue weighted by Crippen LogP contribution is 2.41.